The molecule has 1 aliphatic carbocycles. The van der Waals surface area contributed by atoms with Crippen molar-refractivity contribution in [2.24, 2.45) is 0 Å². The van der Waals surface area contributed by atoms with Gasteiger partial charge in [0.1, 0.15) is 12.1 Å². The maximum atomic E-state index is 11.5. The van der Waals surface area contributed by atoms with Crippen LogP contribution in [0.4, 0.5) is 5.82 Å². The van der Waals surface area contributed by atoms with E-state index in [-0.39, 0.29) is 5.69 Å². The van der Waals surface area contributed by atoms with E-state index < -0.39 is 0 Å². The summed E-state index contributed by atoms with van der Waals surface area (Å²) in [5.41, 5.74) is 0.392. The Morgan fingerprint density at radius 2 is 2.24 bits per heavy atom. The van der Waals surface area contributed by atoms with Gasteiger partial charge in [-0.1, -0.05) is 6.42 Å². The summed E-state index contributed by atoms with van der Waals surface area (Å²) in [7, 11) is 0. The van der Waals surface area contributed by atoms with Gasteiger partial charge in [-0.3, -0.25) is 0 Å². The maximum absolute atomic E-state index is 11.5. The second-order valence-corrected chi connectivity index (χ2v) is 6.03. The number of nitrogens with one attached hydrogen (secondary N) is 2. The standard InChI is InChI=1S/C14H20N6O/c21-14-18-17-13-7-12(16-9-20(13)14)19(11-4-5-11)8-10-3-1-2-6-15-10/h7,9-11,15H,1-6,8H2,(H,18,21). The summed E-state index contributed by atoms with van der Waals surface area (Å²) >= 11 is 0. The van der Waals surface area contributed by atoms with Gasteiger partial charge in [-0.2, -0.15) is 5.10 Å². The van der Waals surface area contributed by atoms with Gasteiger partial charge in [0.25, 0.3) is 0 Å². The van der Waals surface area contributed by atoms with Gasteiger partial charge >= 0.3 is 5.69 Å². The van der Waals surface area contributed by atoms with Crippen molar-refractivity contribution in [3.05, 3.63) is 22.9 Å². The summed E-state index contributed by atoms with van der Waals surface area (Å²) in [5, 5.41) is 10.1. The first-order valence-electron chi connectivity index (χ1n) is 7.74. The Kier molecular flexibility index (Phi) is 3.14. The summed E-state index contributed by atoms with van der Waals surface area (Å²) in [6.45, 7) is 2.10. The zero-order valence-electron chi connectivity index (χ0n) is 12.0. The lowest BCUT2D eigenvalue weighted by molar-refractivity contribution is 0.397. The zero-order chi connectivity index (χ0) is 14.2. The highest BCUT2D eigenvalue weighted by Gasteiger charge is 2.32. The van der Waals surface area contributed by atoms with E-state index in [1.165, 1.54) is 36.5 Å². The van der Waals surface area contributed by atoms with Crippen LogP contribution in [-0.2, 0) is 0 Å². The van der Waals surface area contributed by atoms with Crippen molar-refractivity contribution in [1.82, 2.24) is 24.9 Å². The molecule has 1 saturated carbocycles. The molecular weight excluding hydrogens is 268 g/mol. The Bertz CT molecular complexity index is 682. The first-order chi connectivity index (χ1) is 10.3. The molecule has 1 unspecified atom stereocenters. The molecule has 2 fully saturated rings. The van der Waals surface area contributed by atoms with Crippen molar-refractivity contribution in [3.63, 3.8) is 0 Å². The first-order valence-corrected chi connectivity index (χ1v) is 7.74. The monoisotopic (exact) mass is 288 g/mol. The number of hydrogen-bond donors (Lipinski definition) is 2. The predicted octanol–water partition coefficient (Wildman–Crippen LogP) is 0.528. The highest BCUT2D eigenvalue weighted by Crippen LogP contribution is 2.31. The van der Waals surface area contributed by atoms with Crippen molar-refractivity contribution in [3.8, 4) is 0 Å². The van der Waals surface area contributed by atoms with E-state index in [1.807, 2.05) is 6.07 Å². The van der Waals surface area contributed by atoms with Crippen LogP contribution in [0.3, 0.4) is 0 Å². The average Bonchev–Trinajstić information content (AvgIpc) is 3.30. The molecule has 3 heterocycles. The number of piperidine rings is 1. The van der Waals surface area contributed by atoms with E-state index in [0.717, 1.165) is 18.9 Å². The number of rotatable bonds is 4. The van der Waals surface area contributed by atoms with Crippen molar-refractivity contribution in [1.29, 1.82) is 0 Å². The van der Waals surface area contributed by atoms with Crippen molar-refractivity contribution in [2.45, 2.75) is 44.2 Å². The molecule has 7 nitrogen and oxygen atoms in total. The second-order valence-electron chi connectivity index (χ2n) is 6.03. The number of H-pyrrole nitrogens is 1. The third-order valence-electron chi connectivity index (χ3n) is 4.41. The lowest BCUT2D eigenvalue weighted by Crippen LogP contribution is -2.44. The largest absolute Gasteiger partial charge is 0.352 e. The molecule has 7 heteroatoms. The second kappa shape index (κ2) is 5.14. The van der Waals surface area contributed by atoms with Crippen LogP contribution < -0.4 is 15.9 Å². The Hall–Kier alpha value is -1.89. The average molecular weight is 288 g/mol. The Morgan fingerprint density at radius 3 is 3.00 bits per heavy atom. The third kappa shape index (κ3) is 2.53. The number of aromatic amines is 1. The van der Waals surface area contributed by atoms with Gasteiger partial charge in [-0.05, 0) is 32.2 Å². The highest BCUT2D eigenvalue weighted by molar-refractivity contribution is 5.51. The number of hydrogen-bond acceptors (Lipinski definition) is 5. The Labute approximate surface area is 122 Å². The molecule has 0 radical (unpaired) electrons. The van der Waals surface area contributed by atoms with Crippen LogP contribution in [0.15, 0.2) is 17.2 Å². The fourth-order valence-electron chi connectivity index (χ4n) is 3.09. The Morgan fingerprint density at radius 1 is 1.33 bits per heavy atom. The van der Waals surface area contributed by atoms with Crippen LogP contribution in [0.5, 0.6) is 0 Å². The smallest absolute Gasteiger partial charge is 0.348 e. The van der Waals surface area contributed by atoms with Crippen LogP contribution in [-0.4, -0.2) is 44.8 Å². The molecule has 1 saturated heterocycles. The number of fused-ring (bicyclic) bond motifs is 1. The van der Waals surface area contributed by atoms with Gasteiger partial charge in [0, 0.05) is 24.7 Å². The molecule has 1 aliphatic heterocycles. The molecule has 0 aromatic carbocycles. The minimum absolute atomic E-state index is 0.240. The van der Waals surface area contributed by atoms with Gasteiger partial charge in [-0.25, -0.2) is 19.3 Å². The van der Waals surface area contributed by atoms with Crippen LogP contribution in [0, 0.1) is 0 Å². The normalized spacial score (nSPS) is 22.6. The molecule has 1 atom stereocenters. The molecule has 4 rings (SSSR count). The third-order valence-corrected chi connectivity index (χ3v) is 4.41. The quantitative estimate of drug-likeness (QED) is 0.858. The van der Waals surface area contributed by atoms with Crippen LogP contribution >= 0.6 is 0 Å². The summed E-state index contributed by atoms with van der Waals surface area (Å²) in [6.07, 6.45) is 7.84. The predicted molar refractivity (Wildman–Crippen MR) is 79.6 cm³/mol. The van der Waals surface area contributed by atoms with Gasteiger partial charge in [0.2, 0.25) is 0 Å². The minimum atomic E-state index is -0.240. The molecule has 0 bridgehead atoms. The number of aromatic nitrogens is 4. The summed E-state index contributed by atoms with van der Waals surface area (Å²) in [4.78, 5) is 18.3. The SMILES string of the molecule is O=c1[nH]nc2cc(N(CC3CCCCN3)C3CC3)ncn12. The molecule has 2 aromatic rings. The lowest BCUT2D eigenvalue weighted by atomic mass is 10.0. The Balaban J connectivity index is 1.60. The maximum Gasteiger partial charge on any atom is 0.348 e. The summed E-state index contributed by atoms with van der Waals surface area (Å²) in [6, 6.07) is 3.03. The van der Waals surface area contributed by atoms with E-state index in [0.29, 0.717) is 17.7 Å². The number of nitrogens with zero attached hydrogens (tertiary/aromatic N) is 4. The van der Waals surface area contributed by atoms with Crippen LogP contribution in [0.25, 0.3) is 5.65 Å². The number of anilines is 1. The molecule has 112 valence electrons. The molecule has 2 aromatic heterocycles. The van der Waals surface area contributed by atoms with E-state index in [4.69, 9.17) is 0 Å². The van der Waals surface area contributed by atoms with Crippen molar-refractivity contribution >= 4 is 11.5 Å². The van der Waals surface area contributed by atoms with Gasteiger partial charge in [-0.15, -0.1) is 0 Å². The molecule has 2 aliphatic rings. The highest BCUT2D eigenvalue weighted by atomic mass is 16.1. The van der Waals surface area contributed by atoms with Gasteiger partial charge in [0.15, 0.2) is 5.65 Å². The zero-order valence-corrected chi connectivity index (χ0v) is 12.0. The van der Waals surface area contributed by atoms with E-state index in [2.05, 4.69) is 25.4 Å². The van der Waals surface area contributed by atoms with Crippen molar-refractivity contribution in [2.75, 3.05) is 18.0 Å². The summed E-state index contributed by atoms with van der Waals surface area (Å²) in [5.74, 6) is 0.927. The lowest BCUT2D eigenvalue weighted by Gasteiger charge is -2.31. The van der Waals surface area contributed by atoms with Crippen LogP contribution in [0.1, 0.15) is 32.1 Å². The van der Waals surface area contributed by atoms with Crippen molar-refractivity contribution < 1.29 is 0 Å². The first kappa shape index (κ1) is 12.8. The topological polar surface area (TPSA) is 78.3 Å². The molecule has 0 amide bonds. The fraction of sp³-hybridized carbons (Fsp3) is 0.643. The minimum Gasteiger partial charge on any atom is -0.352 e. The summed E-state index contributed by atoms with van der Waals surface area (Å²) < 4.78 is 1.44. The van der Waals surface area contributed by atoms with E-state index >= 15 is 0 Å². The molecular formula is C14H20N6O. The van der Waals surface area contributed by atoms with E-state index in [1.54, 1.807) is 6.33 Å². The fourth-order valence-corrected chi connectivity index (χ4v) is 3.09. The van der Waals surface area contributed by atoms with Gasteiger partial charge in [0.05, 0.1) is 0 Å². The molecule has 0 spiro atoms. The van der Waals surface area contributed by atoms with E-state index in [9.17, 15) is 4.79 Å². The molecule has 21 heavy (non-hydrogen) atoms. The van der Waals surface area contributed by atoms with Gasteiger partial charge < -0.3 is 10.2 Å². The van der Waals surface area contributed by atoms with Crippen LogP contribution in [0.2, 0.25) is 0 Å². The molecule has 2 N–H and O–H groups in total.